The molecular weight excluding hydrogens is 382 g/mol. The number of ether oxygens (including phenoxy) is 1. The molecule has 3 N–H and O–H groups in total. The molecule has 3 aromatic heterocycles. The first-order valence-electron chi connectivity index (χ1n) is 10.4. The lowest BCUT2D eigenvalue weighted by atomic mass is 9.84. The van der Waals surface area contributed by atoms with Crippen molar-refractivity contribution in [2.24, 2.45) is 11.1 Å². The number of nitrogens with one attached hydrogen (secondary N) is 2. The van der Waals surface area contributed by atoms with E-state index in [9.17, 15) is 5.21 Å². The van der Waals surface area contributed by atoms with Crippen LogP contribution in [0, 0.1) is 17.2 Å². The average Bonchev–Trinajstić information content (AvgIpc) is 3.38. The number of pyridine rings is 1. The fourth-order valence-corrected chi connectivity index (χ4v) is 4.45. The van der Waals surface area contributed by atoms with Crippen molar-refractivity contribution in [3.63, 3.8) is 0 Å². The smallest absolute Gasteiger partial charge is 0.144 e. The first-order chi connectivity index (χ1) is 14.7. The standard InChI is InChI=1S/C21H27N7O2/c1-30-11-8-18(27-29)24-13-19-26-17-12-25-21-16(7-10-23-21)20(17)28(19)15-4-2-14(3-5-15)6-9-22/h7,10,12,14-15,29H,2-6,8,11,13H2,1H3,(H,23,25)(H,24,27)/t14-,15-. The third-order valence-electron chi connectivity index (χ3n) is 5.98. The van der Waals surface area contributed by atoms with Crippen LogP contribution in [0.5, 0.6) is 0 Å². The molecule has 3 heterocycles. The molecule has 158 valence electrons. The van der Waals surface area contributed by atoms with Gasteiger partial charge in [-0.25, -0.2) is 9.97 Å². The lowest BCUT2D eigenvalue weighted by Gasteiger charge is -2.30. The quantitative estimate of drug-likeness (QED) is 0.237. The molecule has 9 nitrogen and oxygen atoms in total. The summed E-state index contributed by atoms with van der Waals surface area (Å²) in [5.74, 6) is 1.85. The molecule has 0 unspecified atom stereocenters. The van der Waals surface area contributed by atoms with Crippen molar-refractivity contribution < 1.29 is 9.94 Å². The van der Waals surface area contributed by atoms with Crippen LogP contribution >= 0.6 is 0 Å². The Labute approximate surface area is 174 Å². The van der Waals surface area contributed by atoms with Gasteiger partial charge >= 0.3 is 0 Å². The third-order valence-corrected chi connectivity index (χ3v) is 5.98. The number of imidazole rings is 1. The Morgan fingerprint density at radius 3 is 3.00 bits per heavy atom. The zero-order chi connectivity index (χ0) is 20.9. The first-order valence-corrected chi connectivity index (χ1v) is 10.4. The minimum absolute atomic E-state index is 0.315. The highest BCUT2D eigenvalue weighted by molar-refractivity contribution is 6.01. The van der Waals surface area contributed by atoms with Crippen LogP contribution in [0.4, 0.5) is 0 Å². The molecule has 1 fully saturated rings. The van der Waals surface area contributed by atoms with Gasteiger partial charge in [-0.15, -0.1) is 0 Å². The van der Waals surface area contributed by atoms with Gasteiger partial charge in [-0.2, -0.15) is 5.26 Å². The maximum absolute atomic E-state index is 9.28. The number of rotatable bonds is 7. The van der Waals surface area contributed by atoms with Crippen molar-refractivity contribution in [2.75, 3.05) is 13.7 Å². The fraction of sp³-hybridized carbons (Fsp3) is 0.524. The lowest BCUT2D eigenvalue weighted by Crippen LogP contribution is -2.27. The van der Waals surface area contributed by atoms with Gasteiger partial charge in [0.1, 0.15) is 22.8 Å². The summed E-state index contributed by atoms with van der Waals surface area (Å²) in [4.78, 5) is 12.5. The number of aromatic nitrogens is 4. The SMILES string of the molecule is COCCC(=NO)NCc1nc2cnc3[nH]ccc3c2n1[C@H]1CC[C@H](CC#N)CC1. The predicted molar refractivity (Wildman–Crippen MR) is 113 cm³/mol. The largest absolute Gasteiger partial charge is 0.409 e. The summed E-state index contributed by atoms with van der Waals surface area (Å²) in [5.41, 5.74) is 2.79. The van der Waals surface area contributed by atoms with Crippen molar-refractivity contribution in [2.45, 2.75) is 51.1 Å². The van der Waals surface area contributed by atoms with E-state index in [-0.39, 0.29) is 0 Å². The molecule has 30 heavy (non-hydrogen) atoms. The summed E-state index contributed by atoms with van der Waals surface area (Å²) in [6.07, 6.45) is 8.96. The molecule has 9 heteroatoms. The van der Waals surface area contributed by atoms with Gasteiger partial charge in [-0.1, -0.05) is 5.16 Å². The molecule has 1 aliphatic carbocycles. The van der Waals surface area contributed by atoms with Crippen molar-refractivity contribution in [1.82, 2.24) is 24.8 Å². The maximum Gasteiger partial charge on any atom is 0.144 e. The van der Waals surface area contributed by atoms with Crippen LogP contribution in [0.15, 0.2) is 23.6 Å². The molecule has 1 saturated carbocycles. The van der Waals surface area contributed by atoms with Crippen LogP contribution < -0.4 is 5.32 Å². The number of aromatic amines is 1. The van der Waals surface area contributed by atoms with Gasteiger partial charge < -0.3 is 24.8 Å². The molecule has 0 aliphatic heterocycles. The third kappa shape index (κ3) is 3.96. The Balaban J connectivity index is 1.67. The van der Waals surface area contributed by atoms with Gasteiger partial charge in [0.2, 0.25) is 0 Å². The van der Waals surface area contributed by atoms with E-state index in [1.807, 2.05) is 12.3 Å². The Bertz CT molecular complexity index is 1070. The summed E-state index contributed by atoms with van der Waals surface area (Å²) < 4.78 is 7.40. The van der Waals surface area contributed by atoms with Gasteiger partial charge in [-0.3, -0.25) is 0 Å². The van der Waals surface area contributed by atoms with Crippen LogP contribution in [0.2, 0.25) is 0 Å². The number of amidine groups is 1. The van der Waals surface area contributed by atoms with Crippen molar-refractivity contribution in [1.29, 1.82) is 5.26 Å². The van der Waals surface area contributed by atoms with E-state index < -0.39 is 0 Å². The summed E-state index contributed by atoms with van der Waals surface area (Å²) in [6.45, 7) is 0.918. The topological polar surface area (TPSA) is 124 Å². The van der Waals surface area contributed by atoms with Crippen LogP contribution in [-0.2, 0) is 11.3 Å². The minimum atomic E-state index is 0.315. The molecule has 0 spiro atoms. The molecule has 4 rings (SSSR count). The van der Waals surface area contributed by atoms with E-state index in [0.29, 0.717) is 43.8 Å². The number of fused-ring (bicyclic) bond motifs is 3. The molecule has 0 amide bonds. The van der Waals surface area contributed by atoms with Crippen LogP contribution in [0.1, 0.15) is 50.4 Å². The Hall–Kier alpha value is -3.12. The highest BCUT2D eigenvalue weighted by Gasteiger charge is 2.27. The number of H-pyrrole nitrogens is 1. The van der Waals surface area contributed by atoms with E-state index >= 15 is 0 Å². The Kier molecular flexibility index (Phi) is 6.14. The maximum atomic E-state index is 9.28. The summed E-state index contributed by atoms with van der Waals surface area (Å²) in [6, 6.07) is 4.67. The van der Waals surface area contributed by atoms with Gasteiger partial charge in [-0.05, 0) is 37.7 Å². The van der Waals surface area contributed by atoms with E-state index in [2.05, 4.69) is 31.1 Å². The van der Waals surface area contributed by atoms with E-state index in [1.165, 1.54) is 0 Å². The predicted octanol–water partition coefficient (Wildman–Crippen LogP) is 3.47. The van der Waals surface area contributed by atoms with Gasteiger partial charge in [0.05, 0.1) is 30.9 Å². The van der Waals surface area contributed by atoms with Crippen LogP contribution in [0.25, 0.3) is 22.1 Å². The highest BCUT2D eigenvalue weighted by Crippen LogP contribution is 2.37. The number of oxime groups is 1. The number of nitrogens with zero attached hydrogens (tertiary/aromatic N) is 5. The fourth-order valence-electron chi connectivity index (χ4n) is 4.45. The van der Waals surface area contributed by atoms with Crippen LogP contribution in [-0.4, -0.2) is 44.3 Å². The number of nitriles is 1. The number of hydrogen-bond donors (Lipinski definition) is 3. The van der Waals surface area contributed by atoms with Crippen molar-refractivity contribution in [3.8, 4) is 6.07 Å². The highest BCUT2D eigenvalue weighted by atomic mass is 16.5. The minimum Gasteiger partial charge on any atom is -0.409 e. The first kappa shape index (κ1) is 20.2. The van der Waals surface area contributed by atoms with Crippen molar-refractivity contribution >= 4 is 27.9 Å². The molecule has 0 aromatic carbocycles. The molecule has 1 aliphatic rings. The second-order valence-corrected chi connectivity index (χ2v) is 7.81. The monoisotopic (exact) mass is 409 g/mol. The molecule has 3 aromatic rings. The summed E-state index contributed by atoms with van der Waals surface area (Å²) in [7, 11) is 1.62. The second-order valence-electron chi connectivity index (χ2n) is 7.81. The molecule has 0 radical (unpaired) electrons. The summed E-state index contributed by atoms with van der Waals surface area (Å²) >= 11 is 0. The van der Waals surface area contributed by atoms with Gasteiger partial charge in [0, 0.05) is 37.6 Å². The van der Waals surface area contributed by atoms with Crippen molar-refractivity contribution in [3.05, 3.63) is 24.3 Å². The average molecular weight is 409 g/mol. The Morgan fingerprint density at radius 2 is 2.27 bits per heavy atom. The Morgan fingerprint density at radius 1 is 1.43 bits per heavy atom. The molecular formula is C21H27N7O2. The zero-order valence-electron chi connectivity index (χ0n) is 17.1. The van der Waals surface area contributed by atoms with E-state index in [4.69, 9.17) is 15.0 Å². The normalized spacial score (nSPS) is 19.9. The second kappa shape index (κ2) is 9.13. The van der Waals surface area contributed by atoms with E-state index in [1.54, 1.807) is 13.3 Å². The summed E-state index contributed by atoms with van der Waals surface area (Å²) in [5, 5.41) is 25.9. The number of hydrogen-bond acceptors (Lipinski definition) is 6. The van der Waals surface area contributed by atoms with E-state index in [0.717, 1.165) is 53.6 Å². The zero-order valence-corrected chi connectivity index (χ0v) is 17.1. The van der Waals surface area contributed by atoms with Gasteiger partial charge in [0.25, 0.3) is 0 Å². The molecule has 0 saturated heterocycles. The van der Waals surface area contributed by atoms with Crippen LogP contribution in [0.3, 0.4) is 0 Å². The lowest BCUT2D eigenvalue weighted by molar-refractivity contribution is 0.205. The molecule has 0 bridgehead atoms. The number of methoxy groups -OCH3 is 1. The molecule has 0 atom stereocenters. The van der Waals surface area contributed by atoms with Gasteiger partial charge in [0.15, 0.2) is 0 Å².